The molecule has 4 nitrogen and oxygen atoms in total. The summed E-state index contributed by atoms with van der Waals surface area (Å²) < 4.78 is 0. The molecule has 2 heterocycles. The SMILES string of the molecule is CCN1CCC(N)C(CN2CCN(C)CC2)C1. The number of likely N-dealkylation sites (N-methyl/N-ethyl adjacent to an activating group) is 1. The molecule has 2 unspecified atom stereocenters. The Hall–Kier alpha value is -0.160. The Morgan fingerprint density at radius 1 is 1.06 bits per heavy atom. The number of hydrogen-bond donors (Lipinski definition) is 1. The minimum Gasteiger partial charge on any atom is -0.327 e. The fourth-order valence-corrected chi connectivity index (χ4v) is 2.97. The molecule has 2 fully saturated rings. The zero-order valence-electron chi connectivity index (χ0n) is 11.4. The highest BCUT2D eigenvalue weighted by Crippen LogP contribution is 2.17. The molecule has 100 valence electrons. The molecule has 0 aromatic rings. The summed E-state index contributed by atoms with van der Waals surface area (Å²) in [6.07, 6.45) is 1.17. The van der Waals surface area contributed by atoms with E-state index in [0.717, 1.165) is 0 Å². The van der Waals surface area contributed by atoms with Gasteiger partial charge in [-0.3, -0.25) is 0 Å². The molecule has 2 N–H and O–H groups in total. The number of nitrogens with two attached hydrogens (primary N) is 1. The van der Waals surface area contributed by atoms with Crippen LogP contribution in [0.2, 0.25) is 0 Å². The standard InChI is InChI=1S/C13H28N4/c1-3-16-5-4-13(14)12(10-16)11-17-8-6-15(2)7-9-17/h12-13H,3-11,14H2,1-2H3. The molecule has 0 spiro atoms. The van der Waals surface area contributed by atoms with Gasteiger partial charge < -0.3 is 20.4 Å². The van der Waals surface area contributed by atoms with Crippen LogP contribution in [-0.2, 0) is 0 Å². The van der Waals surface area contributed by atoms with Crippen molar-refractivity contribution in [3.8, 4) is 0 Å². The third-order valence-electron chi connectivity index (χ3n) is 4.41. The van der Waals surface area contributed by atoms with Crippen molar-refractivity contribution in [1.82, 2.24) is 14.7 Å². The van der Waals surface area contributed by atoms with E-state index >= 15 is 0 Å². The van der Waals surface area contributed by atoms with Gasteiger partial charge in [-0.2, -0.15) is 0 Å². The van der Waals surface area contributed by atoms with Crippen molar-refractivity contribution in [1.29, 1.82) is 0 Å². The predicted molar refractivity (Wildman–Crippen MR) is 72.1 cm³/mol. The Bertz CT molecular complexity index is 225. The monoisotopic (exact) mass is 240 g/mol. The lowest BCUT2D eigenvalue weighted by atomic mass is 9.92. The predicted octanol–water partition coefficient (Wildman–Crippen LogP) is -0.0971. The molecule has 2 aliphatic heterocycles. The number of rotatable bonds is 3. The lowest BCUT2D eigenvalue weighted by Gasteiger charge is -2.41. The zero-order valence-corrected chi connectivity index (χ0v) is 11.4. The molecule has 0 radical (unpaired) electrons. The van der Waals surface area contributed by atoms with Gasteiger partial charge in [-0.15, -0.1) is 0 Å². The molecule has 2 rings (SSSR count). The summed E-state index contributed by atoms with van der Waals surface area (Å²) in [5.74, 6) is 0.673. The quantitative estimate of drug-likeness (QED) is 0.747. The molecule has 2 saturated heterocycles. The Morgan fingerprint density at radius 3 is 2.41 bits per heavy atom. The van der Waals surface area contributed by atoms with Gasteiger partial charge in [-0.1, -0.05) is 6.92 Å². The summed E-state index contributed by atoms with van der Waals surface area (Å²) in [5, 5.41) is 0. The molecule has 0 aromatic heterocycles. The van der Waals surface area contributed by atoms with Crippen LogP contribution in [0.1, 0.15) is 13.3 Å². The van der Waals surface area contributed by atoms with Crippen LogP contribution in [0.4, 0.5) is 0 Å². The van der Waals surface area contributed by atoms with Crippen molar-refractivity contribution in [2.24, 2.45) is 11.7 Å². The van der Waals surface area contributed by atoms with E-state index in [4.69, 9.17) is 5.73 Å². The van der Waals surface area contributed by atoms with E-state index in [2.05, 4.69) is 28.7 Å². The van der Waals surface area contributed by atoms with E-state index in [-0.39, 0.29) is 0 Å². The van der Waals surface area contributed by atoms with Gasteiger partial charge in [0.15, 0.2) is 0 Å². The molecule has 0 saturated carbocycles. The summed E-state index contributed by atoms with van der Waals surface area (Å²) in [4.78, 5) is 7.56. The van der Waals surface area contributed by atoms with Crippen LogP contribution in [-0.4, -0.2) is 80.1 Å². The van der Waals surface area contributed by atoms with Gasteiger partial charge in [0.25, 0.3) is 0 Å². The second kappa shape index (κ2) is 6.14. The molecule has 4 heteroatoms. The highest BCUT2D eigenvalue weighted by molar-refractivity contribution is 4.85. The summed E-state index contributed by atoms with van der Waals surface area (Å²) >= 11 is 0. The summed E-state index contributed by atoms with van der Waals surface area (Å²) in [7, 11) is 2.21. The van der Waals surface area contributed by atoms with Crippen molar-refractivity contribution in [2.75, 3.05) is 59.4 Å². The third kappa shape index (κ3) is 3.65. The molecular formula is C13H28N4. The second-order valence-electron chi connectivity index (χ2n) is 5.71. The minimum absolute atomic E-state index is 0.414. The van der Waals surface area contributed by atoms with E-state index in [1.807, 2.05) is 0 Å². The summed E-state index contributed by atoms with van der Waals surface area (Å²) in [6, 6.07) is 0.414. The van der Waals surface area contributed by atoms with Gasteiger partial charge in [0.1, 0.15) is 0 Å². The smallest absolute Gasteiger partial charge is 0.0110 e. The topological polar surface area (TPSA) is 35.7 Å². The van der Waals surface area contributed by atoms with E-state index in [1.54, 1.807) is 0 Å². The Labute approximate surface area is 106 Å². The van der Waals surface area contributed by atoms with Crippen molar-refractivity contribution in [3.63, 3.8) is 0 Å². The van der Waals surface area contributed by atoms with Crippen LogP contribution < -0.4 is 5.73 Å². The maximum absolute atomic E-state index is 6.28. The largest absolute Gasteiger partial charge is 0.327 e. The maximum Gasteiger partial charge on any atom is 0.0110 e. The molecule has 0 amide bonds. The minimum atomic E-state index is 0.414. The Balaban J connectivity index is 1.80. The first kappa shape index (κ1) is 13.3. The highest BCUT2D eigenvalue weighted by Gasteiger charge is 2.28. The molecule has 17 heavy (non-hydrogen) atoms. The first-order chi connectivity index (χ1) is 8.19. The molecule has 0 bridgehead atoms. The zero-order chi connectivity index (χ0) is 12.3. The Kier molecular flexibility index (Phi) is 4.79. The van der Waals surface area contributed by atoms with Crippen LogP contribution in [0.15, 0.2) is 0 Å². The number of nitrogens with zero attached hydrogens (tertiary/aromatic N) is 3. The van der Waals surface area contributed by atoms with Crippen LogP contribution in [0.3, 0.4) is 0 Å². The first-order valence-corrected chi connectivity index (χ1v) is 7.08. The lowest BCUT2D eigenvalue weighted by Crippen LogP contribution is -2.53. The van der Waals surface area contributed by atoms with Crippen molar-refractivity contribution < 1.29 is 0 Å². The summed E-state index contributed by atoms with van der Waals surface area (Å²) in [5.41, 5.74) is 6.28. The number of piperazine rings is 1. The van der Waals surface area contributed by atoms with Gasteiger partial charge in [-0.25, -0.2) is 0 Å². The van der Waals surface area contributed by atoms with E-state index in [9.17, 15) is 0 Å². The molecule has 0 aliphatic carbocycles. The first-order valence-electron chi connectivity index (χ1n) is 7.08. The van der Waals surface area contributed by atoms with Crippen LogP contribution in [0.5, 0.6) is 0 Å². The number of piperidine rings is 1. The van der Waals surface area contributed by atoms with E-state index in [0.29, 0.717) is 12.0 Å². The average molecular weight is 240 g/mol. The van der Waals surface area contributed by atoms with E-state index in [1.165, 1.54) is 58.8 Å². The fraction of sp³-hybridized carbons (Fsp3) is 1.00. The highest BCUT2D eigenvalue weighted by atomic mass is 15.3. The summed E-state index contributed by atoms with van der Waals surface area (Å²) in [6.45, 7) is 11.9. The third-order valence-corrected chi connectivity index (χ3v) is 4.41. The van der Waals surface area contributed by atoms with Crippen LogP contribution in [0.25, 0.3) is 0 Å². The maximum atomic E-state index is 6.28. The lowest BCUT2D eigenvalue weighted by molar-refractivity contribution is 0.0908. The van der Waals surface area contributed by atoms with Crippen LogP contribution >= 0.6 is 0 Å². The van der Waals surface area contributed by atoms with Crippen molar-refractivity contribution in [2.45, 2.75) is 19.4 Å². The van der Waals surface area contributed by atoms with Crippen molar-refractivity contribution >= 4 is 0 Å². The number of hydrogen-bond acceptors (Lipinski definition) is 4. The van der Waals surface area contributed by atoms with Gasteiger partial charge in [0.2, 0.25) is 0 Å². The van der Waals surface area contributed by atoms with Crippen LogP contribution in [0, 0.1) is 5.92 Å². The van der Waals surface area contributed by atoms with Gasteiger partial charge in [0.05, 0.1) is 0 Å². The molecule has 0 aromatic carbocycles. The second-order valence-corrected chi connectivity index (χ2v) is 5.71. The normalized spacial score (nSPS) is 34.1. The van der Waals surface area contributed by atoms with Gasteiger partial charge in [0, 0.05) is 45.3 Å². The fourth-order valence-electron chi connectivity index (χ4n) is 2.97. The van der Waals surface area contributed by atoms with Gasteiger partial charge >= 0.3 is 0 Å². The van der Waals surface area contributed by atoms with E-state index < -0.39 is 0 Å². The molecular weight excluding hydrogens is 212 g/mol. The molecule has 2 aliphatic rings. The van der Waals surface area contributed by atoms with Gasteiger partial charge in [-0.05, 0) is 32.5 Å². The van der Waals surface area contributed by atoms with Crippen molar-refractivity contribution in [3.05, 3.63) is 0 Å². The number of likely N-dealkylation sites (tertiary alicyclic amines) is 1. The Morgan fingerprint density at radius 2 is 1.76 bits per heavy atom. The molecule has 2 atom stereocenters. The average Bonchev–Trinajstić information content (AvgIpc) is 2.35.